The van der Waals surface area contributed by atoms with E-state index in [-0.39, 0.29) is 25.4 Å². The molecule has 1 aromatic rings. The molecule has 1 aromatic carbocycles. The Morgan fingerprint density at radius 1 is 1.29 bits per heavy atom. The number of primary amides is 1. The number of aliphatic hydroxyl groups excluding tert-OH is 1. The van der Waals surface area contributed by atoms with Gasteiger partial charge in [0.15, 0.2) is 0 Å². The molecule has 0 radical (unpaired) electrons. The van der Waals surface area contributed by atoms with Crippen LogP contribution in [0.1, 0.15) is 18.4 Å². The summed E-state index contributed by atoms with van der Waals surface area (Å²) in [6.45, 7) is 0.701. The lowest BCUT2D eigenvalue weighted by atomic mass is 9.91. The van der Waals surface area contributed by atoms with E-state index >= 15 is 0 Å². The van der Waals surface area contributed by atoms with Crippen molar-refractivity contribution in [1.82, 2.24) is 4.90 Å². The number of nitrogens with zero attached hydrogens (tertiary/aromatic N) is 2. The summed E-state index contributed by atoms with van der Waals surface area (Å²) in [7, 11) is 0. The zero-order valence-corrected chi connectivity index (χ0v) is 13.4. The number of benzene rings is 1. The van der Waals surface area contributed by atoms with E-state index in [0.717, 1.165) is 12.0 Å². The second kappa shape index (κ2) is 6.60. The number of hydrogen-bond donors (Lipinski definition) is 2. The Hall–Kier alpha value is -2.41. The molecule has 7 nitrogen and oxygen atoms in total. The highest BCUT2D eigenvalue weighted by Crippen LogP contribution is 2.30. The van der Waals surface area contributed by atoms with Crippen LogP contribution in [0.4, 0.5) is 5.69 Å². The molecule has 128 valence electrons. The molecule has 2 aliphatic rings. The molecule has 2 unspecified atom stereocenters. The van der Waals surface area contributed by atoms with E-state index in [0.29, 0.717) is 18.7 Å². The Labute approximate surface area is 140 Å². The molecule has 0 bridgehead atoms. The minimum Gasteiger partial charge on any atom is -0.391 e. The number of para-hydroxylation sites is 1. The van der Waals surface area contributed by atoms with Crippen molar-refractivity contribution < 1.29 is 19.5 Å². The Bertz CT molecular complexity index is 676. The molecule has 2 heterocycles. The van der Waals surface area contributed by atoms with Gasteiger partial charge in [0.05, 0.1) is 6.10 Å². The Balaban J connectivity index is 1.83. The van der Waals surface area contributed by atoms with Crippen LogP contribution in [0.3, 0.4) is 0 Å². The molecular formula is C17H21N3O4. The molecule has 3 N–H and O–H groups in total. The summed E-state index contributed by atoms with van der Waals surface area (Å²) in [5.41, 5.74) is 6.82. The van der Waals surface area contributed by atoms with Crippen molar-refractivity contribution in [2.45, 2.75) is 25.4 Å². The smallest absolute Gasteiger partial charge is 0.242 e. The summed E-state index contributed by atoms with van der Waals surface area (Å²) in [6.07, 6.45) is 1.16. The number of likely N-dealkylation sites (tertiary alicyclic amines) is 1. The number of carbonyl (C=O) groups excluding carboxylic acids is 3. The third kappa shape index (κ3) is 3.12. The second-order valence-corrected chi connectivity index (χ2v) is 6.35. The van der Waals surface area contributed by atoms with Crippen molar-refractivity contribution in [1.29, 1.82) is 0 Å². The van der Waals surface area contributed by atoms with Crippen LogP contribution in [0, 0.1) is 5.92 Å². The van der Waals surface area contributed by atoms with Crippen molar-refractivity contribution in [2.75, 3.05) is 24.5 Å². The average Bonchev–Trinajstić information content (AvgIpc) is 2.56. The SMILES string of the molecule is NC(=O)C1Cc2ccccc2N(CC(=O)N2CCCC(O)C2)C1=O. The van der Waals surface area contributed by atoms with Gasteiger partial charge in [-0.3, -0.25) is 14.4 Å². The molecule has 0 aromatic heterocycles. The maximum absolute atomic E-state index is 12.6. The van der Waals surface area contributed by atoms with E-state index in [1.54, 1.807) is 17.0 Å². The van der Waals surface area contributed by atoms with Crippen molar-refractivity contribution in [2.24, 2.45) is 11.7 Å². The number of amides is 3. The zero-order valence-electron chi connectivity index (χ0n) is 13.4. The third-order valence-electron chi connectivity index (χ3n) is 4.66. The van der Waals surface area contributed by atoms with Gasteiger partial charge in [0.1, 0.15) is 12.5 Å². The lowest BCUT2D eigenvalue weighted by Crippen LogP contribution is -2.52. The monoisotopic (exact) mass is 331 g/mol. The molecule has 7 heteroatoms. The number of β-amino-alcohol motifs (C(OH)–C–C–N with tert-alkyl or cyclic N) is 1. The Morgan fingerprint density at radius 3 is 2.75 bits per heavy atom. The molecule has 2 atom stereocenters. The van der Waals surface area contributed by atoms with Gasteiger partial charge in [0.2, 0.25) is 17.7 Å². The fourth-order valence-corrected chi connectivity index (χ4v) is 3.36. The summed E-state index contributed by atoms with van der Waals surface area (Å²) >= 11 is 0. The van der Waals surface area contributed by atoms with Gasteiger partial charge in [-0.15, -0.1) is 0 Å². The third-order valence-corrected chi connectivity index (χ3v) is 4.66. The normalized spacial score (nSPS) is 23.8. The Morgan fingerprint density at radius 2 is 2.04 bits per heavy atom. The van der Waals surface area contributed by atoms with Crippen molar-refractivity contribution in [3.63, 3.8) is 0 Å². The summed E-state index contributed by atoms with van der Waals surface area (Å²) in [5.74, 6) is -2.30. The highest BCUT2D eigenvalue weighted by atomic mass is 16.3. The molecule has 1 fully saturated rings. The van der Waals surface area contributed by atoms with Crippen LogP contribution in [0.5, 0.6) is 0 Å². The molecule has 0 spiro atoms. The van der Waals surface area contributed by atoms with Crippen LogP contribution in [-0.2, 0) is 20.8 Å². The van der Waals surface area contributed by atoms with Gasteiger partial charge in [-0.2, -0.15) is 0 Å². The van der Waals surface area contributed by atoms with Gasteiger partial charge in [-0.1, -0.05) is 18.2 Å². The molecule has 2 aliphatic heterocycles. The highest BCUT2D eigenvalue weighted by Gasteiger charge is 2.37. The zero-order chi connectivity index (χ0) is 17.3. The topological polar surface area (TPSA) is 104 Å². The van der Waals surface area contributed by atoms with Crippen LogP contribution >= 0.6 is 0 Å². The first-order valence-corrected chi connectivity index (χ1v) is 8.12. The predicted molar refractivity (Wildman–Crippen MR) is 87.0 cm³/mol. The Kier molecular flexibility index (Phi) is 4.53. The summed E-state index contributed by atoms with van der Waals surface area (Å²) < 4.78 is 0. The fraction of sp³-hybridized carbons (Fsp3) is 0.471. The quantitative estimate of drug-likeness (QED) is 0.740. The minimum absolute atomic E-state index is 0.146. The second-order valence-electron chi connectivity index (χ2n) is 6.35. The number of carbonyl (C=O) groups is 3. The van der Waals surface area contributed by atoms with E-state index in [9.17, 15) is 19.5 Å². The first-order valence-electron chi connectivity index (χ1n) is 8.12. The van der Waals surface area contributed by atoms with E-state index in [4.69, 9.17) is 5.73 Å². The minimum atomic E-state index is -0.945. The van der Waals surface area contributed by atoms with Crippen LogP contribution < -0.4 is 10.6 Å². The number of rotatable bonds is 3. The van der Waals surface area contributed by atoms with E-state index in [2.05, 4.69) is 0 Å². The van der Waals surface area contributed by atoms with Crippen molar-refractivity contribution in [3.8, 4) is 0 Å². The van der Waals surface area contributed by atoms with Gasteiger partial charge in [0, 0.05) is 18.8 Å². The van der Waals surface area contributed by atoms with Gasteiger partial charge < -0.3 is 20.6 Å². The van der Waals surface area contributed by atoms with E-state index < -0.39 is 23.8 Å². The number of aliphatic hydroxyl groups is 1. The van der Waals surface area contributed by atoms with Gasteiger partial charge in [-0.25, -0.2) is 0 Å². The predicted octanol–water partition coefficient (Wildman–Crippen LogP) is -0.340. The molecule has 0 saturated carbocycles. The average molecular weight is 331 g/mol. The number of nitrogens with two attached hydrogens (primary N) is 1. The number of fused-ring (bicyclic) bond motifs is 1. The molecule has 1 saturated heterocycles. The lowest BCUT2D eigenvalue weighted by molar-refractivity contribution is -0.137. The van der Waals surface area contributed by atoms with E-state index in [1.165, 1.54) is 4.90 Å². The highest BCUT2D eigenvalue weighted by molar-refractivity contribution is 6.11. The van der Waals surface area contributed by atoms with Crippen molar-refractivity contribution >= 4 is 23.4 Å². The maximum Gasteiger partial charge on any atom is 0.242 e. The molecule has 3 rings (SSSR count). The number of anilines is 1. The standard InChI is InChI=1S/C17H21N3O4/c18-16(23)13-8-11-4-1-2-6-14(11)20(17(13)24)10-15(22)19-7-3-5-12(21)9-19/h1-2,4,6,12-13,21H,3,5,7-10H2,(H2,18,23). The summed E-state index contributed by atoms with van der Waals surface area (Å²) in [4.78, 5) is 39.7. The fourth-order valence-electron chi connectivity index (χ4n) is 3.36. The first kappa shape index (κ1) is 16.4. The van der Waals surface area contributed by atoms with Crippen LogP contribution in [0.15, 0.2) is 24.3 Å². The van der Waals surface area contributed by atoms with Gasteiger partial charge >= 0.3 is 0 Å². The lowest BCUT2D eigenvalue weighted by Gasteiger charge is -2.35. The van der Waals surface area contributed by atoms with Crippen molar-refractivity contribution in [3.05, 3.63) is 29.8 Å². The summed E-state index contributed by atoms with van der Waals surface area (Å²) in [5, 5.41) is 9.72. The largest absolute Gasteiger partial charge is 0.391 e. The van der Waals surface area contributed by atoms with Gasteiger partial charge in [-0.05, 0) is 30.9 Å². The molecule has 24 heavy (non-hydrogen) atoms. The molecule has 0 aliphatic carbocycles. The van der Waals surface area contributed by atoms with Crippen LogP contribution in [0.25, 0.3) is 0 Å². The maximum atomic E-state index is 12.6. The number of piperidine rings is 1. The molecule has 3 amide bonds. The van der Waals surface area contributed by atoms with Crippen LogP contribution in [-0.4, -0.2) is 53.5 Å². The van der Waals surface area contributed by atoms with Gasteiger partial charge in [0.25, 0.3) is 0 Å². The van der Waals surface area contributed by atoms with E-state index in [1.807, 2.05) is 12.1 Å². The first-order chi connectivity index (χ1) is 11.5. The van der Waals surface area contributed by atoms with Crippen LogP contribution in [0.2, 0.25) is 0 Å². The number of hydrogen-bond acceptors (Lipinski definition) is 4. The molecular weight excluding hydrogens is 310 g/mol. The summed E-state index contributed by atoms with van der Waals surface area (Å²) in [6, 6.07) is 7.22.